The van der Waals surface area contributed by atoms with Crippen LogP contribution in [0.25, 0.3) is 11.1 Å². The summed E-state index contributed by atoms with van der Waals surface area (Å²) in [5.74, 6) is 0.110. The van der Waals surface area contributed by atoms with Crippen LogP contribution in [0.15, 0.2) is 48.0 Å². The molecular formula is C19H21ClN6O2S. The molecule has 1 aromatic carbocycles. The molecule has 3 aromatic rings. The number of anilines is 1. The SMILES string of the molecule is Cn1cnc(S(=O)(=O)N2CCCC[C@H]2c2nc(N)ncc2-c2ccc(Cl)cc2)c1. The van der Waals surface area contributed by atoms with Crippen molar-refractivity contribution < 1.29 is 8.42 Å². The summed E-state index contributed by atoms with van der Waals surface area (Å²) in [7, 11) is -2.04. The van der Waals surface area contributed by atoms with Crippen LogP contribution in [0.1, 0.15) is 31.0 Å². The van der Waals surface area contributed by atoms with E-state index in [9.17, 15) is 8.42 Å². The van der Waals surface area contributed by atoms with Crippen LogP contribution in [0.4, 0.5) is 5.95 Å². The Morgan fingerprint density at radius 1 is 1.17 bits per heavy atom. The monoisotopic (exact) mass is 432 g/mol. The van der Waals surface area contributed by atoms with Crippen LogP contribution in [0.3, 0.4) is 0 Å². The van der Waals surface area contributed by atoms with Gasteiger partial charge in [-0.2, -0.15) is 4.31 Å². The first-order chi connectivity index (χ1) is 13.9. The lowest BCUT2D eigenvalue weighted by atomic mass is 9.95. The van der Waals surface area contributed by atoms with E-state index >= 15 is 0 Å². The molecule has 2 N–H and O–H groups in total. The molecule has 0 amide bonds. The first kappa shape index (κ1) is 19.8. The highest BCUT2D eigenvalue weighted by molar-refractivity contribution is 7.89. The predicted molar refractivity (Wildman–Crippen MR) is 111 cm³/mol. The second-order valence-electron chi connectivity index (χ2n) is 7.04. The van der Waals surface area contributed by atoms with E-state index in [0.717, 1.165) is 24.0 Å². The zero-order valence-corrected chi connectivity index (χ0v) is 17.4. The van der Waals surface area contributed by atoms with E-state index in [1.54, 1.807) is 29.9 Å². The number of nitrogens with zero attached hydrogens (tertiary/aromatic N) is 5. The quantitative estimate of drug-likeness (QED) is 0.679. The van der Waals surface area contributed by atoms with Crippen molar-refractivity contribution in [2.24, 2.45) is 7.05 Å². The van der Waals surface area contributed by atoms with Crippen molar-refractivity contribution in [3.05, 3.63) is 53.7 Å². The smallest absolute Gasteiger partial charge is 0.262 e. The molecule has 0 bridgehead atoms. The number of aromatic nitrogens is 4. The minimum absolute atomic E-state index is 0.0296. The van der Waals surface area contributed by atoms with E-state index in [1.807, 2.05) is 12.1 Å². The highest BCUT2D eigenvalue weighted by atomic mass is 35.5. The van der Waals surface area contributed by atoms with E-state index < -0.39 is 16.1 Å². The molecule has 152 valence electrons. The Balaban J connectivity index is 1.82. The molecule has 1 aliphatic heterocycles. The highest BCUT2D eigenvalue weighted by Gasteiger charge is 2.37. The molecule has 1 saturated heterocycles. The number of rotatable bonds is 4. The largest absolute Gasteiger partial charge is 0.368 e. The zero-order valence-electron chi connectivity index (χ0n) is 15.9. The van der Waals surface area contributed by atoms with Crippen molar-refractivity contribution >= 4 is 27.6 Å². The number of benzene rings is 1. The van der Waals surface area contributed by atoms with E-state index in [4.69, 9.17) is 17.3 Å². The van der Waals surface area contributed by atoms with Crippen molar-refractivity contribution in [1.82, 2.24) is 23.8 Å². The third-order valence-electron chi connectivity index (χ3n) is 5.02. The number of nitrogens with two attached hydrogens (primary N) is 1. The van der Waals surface area contributed by atoms with Gasteiger partial charge in [0.2, 0.25) is 5.95 Å². The lowest BCUT2D eigenvalue weighted by Gasteiger charge is -2.34. The van der Waals surface area contributed by atoms with Gasteiger partial charge >= 0.3 is 0 Å². The van der Waals surface area contributed by atoms with E-state index in [-0.39, 0.29) is 11.0 Å². The first-order valence-corrected chi connectivity index (χ1v) is 11.1. The van der Waals surface area contributed by atoms with Crippen molar-refractivity contribution in [2.45, 2.75) is 30.3 Å². The van der Waals surface area contributed by atoms with Gasteiger partial charge in [-0.3, -0.25) is 0 Å². The summed E-state index contributed by atoms with van der Waals surface area (Å²) in [5.41, 5.74) is 8.07. The number of piperidine rings is 1. The summed E-state index contributed by atoms with van der Waals surface area (Å²) < 4.78 is 29.7. The topological polar surface area (TPSA) is 107 Å². The lowest BCUT2D eigenvalue weighted by Crippen LogP contribution is -2.39. The average molecular weight is 433 g/mol. The maximum absolute atomic E-state index is 13.3. The van der Waals surface area contributed by atoms with Gasteiger partial charge in [0.05, 0.1) is 18.1 Å². The van der Waals surface area contributed by atoms with Gasteiger partial charge in [0.25, 0.3) is 10.0 Å². The standard InChI is InChI=1S/C19H21ClN6O2S/c1-25-11-17(23-12-25)29(27,28)26-9-3-2-4-16(26)18-15(10-22-19(21)24-18)13-5-7-14(20)8-6-13/h5-8,10-12,16H,2-4,9H2,1H3,(H2,21,22,24)/t16-/m0/s1. The Bertz CT molecular complexity index is 1130. The summed E-state index contributed by atoms with van der Waals surface area (Å²) >= 11 is 6.02. The number of aryl methyl sites for hydroxylation is 1. The Morgan fingerprint density at radius 3 is 2.62 bits per heavy atom. The van der Waals surface area contributed by atoms with Gasteiger partial charge in [-0.25, -0.2) is 23.4 Å². The van der Waals surface area contributed by atoms with Gasteiger partial charge in [-0.1, -0.05) is 30.2 Å². The summed E-state index contributed by atoms with van der Waals surface area (Å²) in [4.78, 5) is 12.7. The molecule has 2 aromatic heterocycles. The molecule has 0 radical (unpaired) electrons. The van der Waals surface area contributed by atoms with Crippen molar-refractivity contribution in [3.63, 3.8) is 0 Å². The van der Waals surface area contributed by atoms with Crippen LogP contribution in [0.5, 0.6) is 0 Å². The highest BCUT2D eigenvalue weighted by Crippen LogP contribution is 2.38. The fourth-order valence-corrected chi connectivity index (χ4v) is 5.38. The number of hydrogen-bond donors (Lipinski definition) is 1. The Labute approximate surface area is 174 Å². The van der Waals surface area contributed by atoms with Crippen LogP contribution in [-0.4, -0.2) is 38.8 Å². The summed E-state index contributed by atoms with van der Waals surface area (Å²) in [6, 6.07) is 6.83. The van der Waals surface area contributed by atoms with Crippen LogP contribution in [0, 0.1) is 0 Å². The van der Waals surface area contributed by atoms with Crippen molar-refractivity contribution in [2.75, 3.05) is 12.3 Å². The first-order valence-electron chi connectivity index (χ1n) is 9.24. The molecule has 0 saturated carbocycles. The maximum atomic E-state index is 13.3. The van der Waals surface area contributed by atoms with E-state index in [1.165, 1.54) is 16.8 Å². The van der Waals surface area contributed by atoms with Crippen LogP contribution < -0.4 is 5.73 Å². The Morgan fingerprint density at radius 2 is 1.93 bits per heavy atom. The van der Waals surface area contributed by atoms with Gasteiger partial charge in [0.1, 0.15) is 0 Å². The minimum Gasteiger partial charge on any atom is -0.368 e. The van der Waals surface area contributed by atoms with Gasteiger partial charge in [-0.15, -0.1) is 0 Å². The van der Waals surface area contributed by atoms with Crippen molar-refractivity contribution in [1.29, 1.82) is 0 Å². The molecule has 1 aliphatic rings. The number of sulfonamides is 1. The Hall–Kier alpha value is -2.49. The van der Waals surface area contributed by atoms with Gasteiger partial charge in [0, 0.05) is 36.6 Å². The third kappa shape index (κ3) is 3.85. The molecule has 3 heterocycles. The minimum atomic E-state index is -3.78. The second kappa shape index (κ2) is 7.74. The molecule has 1 fully saturated rings. The number of nitrogen functional groups attached to an aromatic ring is 1. The summed E-state index contributed by atoms with van der Waals surface area (Å²) in [6.07, 6.45) is 6.94. The molecule has 0 unspecified atom stereocenters. The molecule has 8 nitrogen and oxygen atoms in total. The normalized spacial score (nSPS) is 18.1. The van der Waals surface area contributed by atoms with Crippen LogP contribution >= 0.6 is 11.6 Å². The van der Waals surface area contributed by atoms with E-state index in [2.05, 4.69) is 15.0 Å². The zero-order chi connectivity index (χ0) is 20.6. The number of halogens is 1. The van der Waals surface area contributed by atoms with Gasteiger partial charge in [0.15, 0.2) is 5.03 Å². The fourth-order valence-electron chi connectivity index (χ4n) is 3.62. The predicted octanol–water partition coefficient (Wildman–Crippen LogP) is 3.03. The summed E-state index contributed by atoms with van der Waals surface area (Å²) in [5, 5.41) is 0.644. The number of hydrogen-bond acceptors (Lipinski definition) is 6. The van der Waals surface area contributed by atoms with Crippen LogP contribution in [0.2, 0.25) is 5.02 Å². The van der Waals surface area contributed by atoms with Crippen molar-refractivity contribution in [3.8, 4) is 11.1 Å². The molecule has 0 spiro atoms. The van der Waals surface area contributed by atoms with Crippen LogP contribution in [-0.2, 0) is 17.1 Å². The van der Waals surface area contributed by atoms with Gasteiger partial charge in [-0.05, 0) is 30.5 Å². The second-order valence-corrected chi connectivity index (χ2v) is 9.31. The number of imidazole rings is 1. The Kier molecular flexibility index (Phi) is 5.28. The molecule has 4 rings (SSSR count). The summed E-state index contributed by atoms with van der Waals surface area (Å²) in [6.45, 7) is 0.396. The van der Waals surface area contributed by atoms with Gasteiger partial charge < -0.3 is 10.3 Å². The molecule has 10 heteroatoms. The average Bonchev–Trinajstić information content (AvgIpc) is 3.16. The molecule has 0 aliphatic carbocycles. The maximum Gasteiger partial charge on any atom is 0.262 e. The molecule has 1 atom stereocenters. The fraction of sp³-hybridized carbons (Fsp3) is 0.316. The third-order valence-corrected chi connectivity index (χ3v) is 7.06. The molecular weight excluding hydrogens is 412 g/mol. The van der Waals surface area contributed by atoms with E-state index in [0.29, 0.717) is 23.7 Å². The molecule has 29 heavy (non-hydrogen) atoms. The lowest BCUT2D eigenvalue weighted by molar-refractivity contribution is 0.251.